The molecule has 7 heteroatoms. The van der Waals surface area contributed by atoms with E-state index in [0.29, 0.717) is 12.4 Å². The predicted octanol–water partition coefficient (Wildman–Crippen LogP) is 3.15. The minimum Gasteiger partial charge on any atom is -0.459 e. The monoisotopic (exact) mass is 390 g/mol. The molecule has 0 fully saturated rings. The Hall–Kier alpha value is -3.45. The van der Waals surface area contributed by atoms with Crippen LogP contribution in [-0.2, 0) is 16.1 Å². The van der Waals surface area contributed by atoms with E-state index in [4.69, 9.17) is 10.2 Å². The van der Waals surface area contributed by atoms with Gasteiger partial charge in [0.25, 0.3) is 0 Å². The molecule has 29 heavy (non-hydrogen) atoms. The number of para-hydroxylation sites is 1. The first-order valence-electron chi connectivity index (χ1n) is 9.38. The third kappa shape index (κ3) is 3.77. The molecule has 148 valence electrons. The van der Waals surface area contributed by atoms with Crippen molar-refractivity contribution in [2.45, 2.75) is 25.9 Å². The number of hydrogen-bond acceptors (Lipinski definition) is 5. The maximum absolute atomic E-state index is 12.5. The molecule has 3 aromatic rings. The SMILES string of the molecule is Cc1c(CN(C)C(=O)/C=C/c2cnc3c(c2)C(N)CC(=O)N3)oc2ccccc12. The number of pyridine rings is 1. The second kappa shape index (κ2) is 7.52. The molecule has 0 radical (unpaired) electrons. The van der Waals surface area contributed by atoms with Crippen LogP contribution in [0.4, 0.5) is 5.82 Å². The Morgan fingerprint density at radius 3 is 3.00 bits per heavy atom. The summed E-state index contributed by atoms with van der Waals surface area (Å²) in [4.78, 5) is 29.9. The lowest BCUT2D eigenvalue weighted by molar-refractivity contribution is -0.125. The molecule has 0 saturated carbocycles. The summed E-state index contributed by atoms with van der Waals surface area (Å²) in [6.07, 6.45) is 5.01. The van der Waals surface area contributed by atoms with Crippen LogP contribution in [0.1, 0.15) is 34.9 Å². The normalized spacial score (nSPS) is 16.1. The van der Waals surface area contributed by atoms with Gasteiger partial charge in [-0.25, -0.2) is 4.98 Å². The van der Waals surface area contributed by atoms with Crippen molar-refractivity contribution in [2.24, 2.45) is 5.73 Å². The highest BCUT2D eigenvalue weighted by molar-refractivity contribution is 5.94. The van der Waals surface area contributed by atoms with Gasteiger partial charge in [-0.2, -0.15) is 0 Å². The molecule has 4 rings (SSSR count). The van der Waals surface area contributed by atoms with Crippen LogP contribution < -0.4 is 11.1 Å². The number of amides is 2. The minimum atomic E-state index is -0.394. The van der Waals surface area contributed by atoms with Crippen LogP contribution in [0.3, 0.4) is 0 Å². The van der Waals surface area contributed by atoms with Crippen molar-refractivity contribution in [1.29, 1.82) is 0 Å². The summed E-state index contributed by atoms with van der Waals surface area (Å²) in [6, 6.07) is 9.28. The second-order valence-electron chi connectivity index (χ2n) is 7.24. The van der Waals surface area contributed by atoms with Crippen LogP contribution in [0.5, 0.6) is 0 Å². The fourth-order valence-electron chi connectivity index (χ4n) is 3.43. The second-order valence-corrected chi connectivity index (χ2v) is 7.24. The van der Waals surface area contributed by atoms with Crippen LogP contribution >= 0.6 is 0 Å². The average Bonchev–Trinajstić information content (AvgIpc) is 3.02. The topological polar surface area (TPSA) is 101 Å². The highest BCUT2D eigenvalue weighted by Gasteiger charge is 2.23. The van der Waals surface area contributed by atoms with E-state index >= 15 is 0 Å². The molecule has 2 aromatic heterocycles. The number of fused-ring (bicyclic) bond motifs is 2. The van der Waals surface area contributed by atoms with E-state index < -0.39 is 6.04 Å². The number of likely N-dealkylation sites (N-methyl/N-ethyl adjacent to an activating group) is 1. The standard InChI is InChI=1S/C22H22N4O3/c1-13-15-5-3-4-6-18(15)29-19(13)12-26(2)21(28)8-7-14-9-16-17(23)10-20(27)25-22(16)24-11-14/h3-9,11,17H,10,12,23H2,1-2H3,(H,24,25,27)/b8-7+. The third-order valence-corrected chi connectivity index (χ3v) is 5.12. The van der Waals surface area contributed by atoms with Crippen LogP contribution in [0, 0.1) is 6.92 Å². The number of carbonyl (C=O) groups excluding carboxylic acids is 2. The Morgan fingerprint density at radius 1 is 1.41 bits per heavy atom. The fraction of sp³-hybridized carbons (Fsp3) is 0.227. The first kappa shape index (κ1) is 18.9. The Labute approximate surface area is 168 Å². The van der Waals surface area contributed by atoms with Gasteiger partial charge in [0.15, 0.2) is 0 Å². The Morgan fingerprint density at radius 2 is 2.21 bits per heavy atom. The molecule has 0 aliphatic carbocycles. The highest BCUT2D eigenvalue weighted by atomic mass is 16.3. The number of aryl methyl sites for hydroxylation is 1. The zero-order valence-corrected chi connectivity index (χ0v) is 16.3. The van der Waals surface area contributed by atoms with Gasteiger partial charge in [-0.3, -0.25) is 9.59 Å². The summed E-state index contributed by atoms with van der Waals surface area (Å²) in [7, 11) is 1.73. The Balaban J connectivity index is 1.47. The number of nitrogens with two attached hydrogens (primary N) is 1. The van der Waals surface area contributed by atoms with Crippen molar-refractivity contribution < 1.29 is 14.0 Å². The molecule has 1 atom stereocenters. The number of hydrogen-bond donors (Lipinski definition) is 2. The van der Waals surface area contributed by atoms with E-state index in [-0.39, 0.29) is 18.2 Å². The summed E-state index contributed by atoms with van der Waals surface area (Å²) in [5.74, 6) is 0.959. The molecule has 1 unspecified atom stereocenters. The molecule has 3 N–H and O–H groups in total. The zero-order valence-electron chi connectivity index (χ0n) is 16.3. The van der Waals surface area contributed by atoms with Crippen molar-refractivity contribution in [3.8, 4) is 0 Å². The third-order valence-electron chi connectivity index (χ3n) is 5.12. The van der Waals surface area contributed by atoms with E-state index in [0.717, 1.165) is 33.4 Å². The van der Waals surface area contributed by atoms with Crippen LogP contribution in [0.25, 0.3) is 17.0 Å². The van der Waals surface area contributed by atoms with Gasteiger partial charge in [0.05, 0.1) is 6.54 Å². The number of nitrogens with zero attached hydrogens (tertiary/aromatic N) is 2. The summed E-state index contributed by atoms with van der Waals surface area (Å²) >= 11 is 0. The van der Waals surface area contributed by atoms with E-state index in [1.165, 1.54) is 6.08 Å². The van der Waals surface area contributed by atoms with Gasteiger partial charge in [-0.15, -0.1) is 0 Å². The number of aromatic nitrogens is 1. The smallest absolute Gasteiger partial charge is 0.246 e. The molecule has 0 bridgehead atoms. The van der Waals surface area contributed by atoms with Crippen LogP contribution in [-0.4, -0.2) is 28.7 Å². The van der Waals surface area contributed by atoms with Gasteiger partial charge >= 0.3 is 0 Å². The number of nitrogens with one attached hydrogen (secondary N) is 1. The van der Waals surface area contributed by atoms with E-state index in [1.54, 1.807) is 24.2 Å². The van der Waals surface area contributed by atoms with Crippen molar-refractivity contribution >= 4 is 34.7 Å². The number of rotatable bonds is 4. The predicted molar refractivity (Wildman–Crippen MR) is 111 cm³/mol. The molecule has 7 nitrogen and oxygen atoms in total. The van der Waals surface area contributed by atoms with Crippen molar-refractivity contribution in [1.82, 2.24) is 9.88 Å². The number of carbonyl (C=O) groups is 2. The van der Waals surface area contributed by atoms with Crippen molar-refractivity contribution in [2.75, 3.05) is 12.4 Å². The maximum Gasteiger partial charge on any atom is 0.246 e. The molecule has 2 amide bonds. The lowest BCUT2D eigenvalue weighted by Gasteiger charge is -2.21. The lowest BCUT2D eigenvalue weighted by atomic mass is 10.00. The molecule has 0 spiro atoms. The van der Waals surface area contributed by atoms with Crippen LogP contribution in [0.15, 0.2) is 47.0 Å². The first-order valence-corrected chi connectivity index (χ1v) is 9.38. The largest absolute Gasteiger partial charge is 0.459 e. The highest BCUT2D eigenvalue weighted by Crippen LogP contribution is 2.28. The molecule has 1 aliphatic rings. The molecule has 3 heterocycles. The van der Waals surface area contributed by atoms with Crippen molar-refractivity contribution in [3.05, 3.63) is 65.1 Å². The summed E-state index contributed by atoms with van der Waals surface area (Å²) in [6.45, 7) is 2.37. The van der Waals surface area contributed by atoms with Gasteiger partial charge in [0.2, 0.25) is 11.8 Å². The molecule has 1 aliphatic heterocycles. The van der Waals surface area contributed by atoms with Gasteiger partial charge in [-0.05, 0) is 30.7 Å². The average molecular weight is 390 g/mol. The molecule has 1 aromatic carbocycles. The maximum atomic E-state index is 12.5. The number of anilines is 1. The Kier molecular flexibility index (Phi) is 4.90. The van der Waals surface area contributed by atoms with Gasteiger partial charge < -0.3 is 20.4 Å². The number of furan rings is 1. The zero-order chi connectivity index (χ0) is 20.5. The van der Waals surface area contributed by atoms with Gasteiger partial charge in [-0.1, -0.05) is 18.2 Å². The van der Waals surface area contributed by atoms with E-state index in [9.17, 15) is 9.59 Å². The van der Waals surface area contributed by atoms with Crippen LogP contribution in [0.2, 0.25) is 0 Å². The Bertz CT molecular complexity index is 1130. The quantitative estimate of drug-likeness (QED) is 0.667. The van der Waals surface area contributed by atoms with Gasteiger partial charge in [0.1, 0.15) is 17.2 Å². The van der Waals surface area contributed by atoms with E-state index in [1.807, 2.05) is 37.3 Å². The molecular weight excluding hydrogens is 368 g/mol. The lowest BCUT2D eigenvalue weighted by Crippen LogP contribution is -2.28. The first-order chi connectivity index (χ1) is 13.9. The summed E-state index contributed by atoms with van der Waals surface area (Å²) in [5.41, 5.74) is 9.41. The van der Waals surface area contributed by atoms with Gasteiger partial charge in [0, 0.05) is 48.3 Å². The number of benzene rings is 1. The van der Waals surface area contributed by atoms with Crippen molar-refractivity contribution in [3.63, 3.8) is 0 Å². The fourth-order valence-corrected chi connectivity index (χ4v) is 3.43. The summed E-state index contributed by atoms with van der Waals surface area (Å²) < 4.78 is 5.89. The summed E-state index contributed by atoms with van der Waals surface area (Å²) in [5, 5.41) is 3.76. The molecule has 0 saturated heterocycles. The van der Waals surface area contributed by atoms with E-state index in [2.05, 4.69) is 10.3 Å². The molecular formula is C22H22N4O3. The minimum absolute atomic E-state index is 0.140.